The largest absolute Gasteiger partial charge is 0.326 e. The summed E-state index contributed by atoms with van der Waals surface area (Å²) in [6.45, 7) is 2.90. The molecule has 15 heavy (non-hydrogen) atoms. The van der Waals surface area contributed by atoms with Gasteiger partial charge in [0.05, 0.1) is 18.5 Å². The molecule has 1 aliphatic heterocycles. The molecular weight excluding hydrogens is 216 g/mol. The van der Waals surface area contributed by atoms with Crippen molar-refractivity contribution in [1.29, 1.82) is 0 Å². The van der Waals surface area contributed by atoms with Crippen molar-refractivity contribution in [2.24, 2.45) is 0 Å². The number of hydrogen-bond donors (Lipinski definition) is 1. The average molecular weight is 234 g/mol. The summed E-state index contributed by atoms with van der Waals surface area (Å²) in [4.78, 5) is 13.1. The van der Waals surface area contributed by atoms with Crippen LogP contribution in [-0.4, -0.2) is 50.5 Å². The molecule has 0 bridgehead atoms. The Morgan fingerprint density at radius 3 is 2.73 bits per heavy atom. The van der Waals surface area contributed by atoms with Gasteiger partial charge in [-0.15, -0.1) is 0 Å². The molecule has 1 saturated heterocycles. The van der Waals surface area contributed by atoms with E-state index in [0.29, 0.717) is 19.5 Å². The van der Waals surface area contributed by atoms with Crippen molar-refractivity contribution in [3.05, 3.63) is 0 Å². The standard InChI is InChI=1S/C9H18N2O3S/c1-3-8-10-7-9(12)11(8)5-4-6-15(2,13)14/h8,10H,3-7H2,1-2H3. The second kappa shape index (κ2) is 4.94. The van der Waals surface area contributed by atoms with Crippen LogP contribution in [0, 0.1) is 0 Å². The molecule has 1 N–H and O–H groups in total. The van der Waals surface area contributed by atoms with Crippen molar-refractivity contribution in [3.63, 3.8) is 0 Å². The Morgan fingerprint density at radius 2 is 2.20 bits per heavy atom. The highest BCUT2D eigenvalue weighted by molar-refractivity contribution is 7.90. The summed E-state index contributed by atoms with van der Waals surface area (Å²) in [5, 5.41) is 3.08. The minimum absolute atomic E-state index is 0.0651. The lowest BCUT2D eigenvalue weighted by atomic mass is 10.3. The molecule has 1 amide bonds. The quantitative estimate of drug-likeness (QED) is 0.702. The van der Waals surface area contributed by atoms with Crippen LogP contribution < -0.4 is 5.32 Å². The number of hydrogen-bond acceptors (Lipinski definition) is 4. The van der Waals surface area contributed by atoms with Gasteiger partial charge in [-0.3, -0.25) is 10.1 Å². The highest BCUT2D eigenvalue weighted by atomic mass is 32.2. The minimum Gasteiger partial charge on any atom is -0.326 e. The van der Waals surface area contributed by atoms with Crippen molar-refractivity contribution in [1.82, 2.24) is 10.2 Å². The van der Waals surface area contributed by atoms with Gasteiger partial charge in [0, 0.05) is 12.8 Å². The average Bonchev–Trinajstić information content (AvgIpc) is 2.46. The third-order valence-corrected chi connectivity index (χ3v) is 3.52. The molecule has 0 spiro atoms. The minimum atomic E-state index is -2.92. The summed E-state index contributed by atoms with van der Waals surface area (Å²) in [6, 6.07) is 0. The van der Waals surface area contributed by atoms with Crippen LogP contribution in [0.25, 0.3) is 0 Å². The fourth-order valence-electron chi connectivity index (χ4n) is 1.73. The maximum Gasteiger partial charge on any atom is 0.237 e. The van der Waals surface area contributed by atoms with E-state index in [1.54, 1.807) is 4.90 Å². The van der Waals surface area contributed by atoms with Crippen LogP contribution in [0.1, 0.15) is 19.8 Å². The summed E-state index contributed by atoms with van der Waals surface area (Å²) in [6.07, 6.45) is 2.67. The number of nitrogens with zero attached hydrogens (tertiary/aromatic N) is 1. The normalized spacial score (nSPS) is 22.4. The fourth-order valence-corrected chi connectivity index (χ4v) is 2.39. The van der Waals surface area contributed by atoms with E-state index in [9.17, 15) is 13.2 Å². The van der Waals surface area contributed by atoms with Crippen LogP contribution in [0.4, 0.5) is 0 Å². The van der Waals surface area contributed by atoms with Crippen molar-refractivity contribution in [3.8, 4) is 0 Å². The highest BCUT2D eigenvalue weighted by Gasteiger charge is 2.28. The van der Waals surface area contributed by atoms with E-state index in [0.717, 1.165) is 6.42 Å². The van der Waals surface area contributed by atoms with Crippen LogP contribution in [-0.2, 0) is 14.6 Å². The van der Waals surface area contributed by atoms with Crippen LogP contribution in [0.5, 0.6) is 0 Å². The molecule has 6 heteroatoms. The Hall–Kier alpha value is -0.620. The van der Waals surface area contributed by atoms with Crippen molar-refractivity contribution < 1.29 is 13.2 Å². The van der Waals surface area contributed by atoms with Crippen molar-refractivity contribution >= 4 is 15.7 Å². The Morgan fingerprint density at radius 1 is 1.53 bits per heavy atom. The molecule has 0 aromatic rings. The van der Waals surface area contributed by atoms with E-state index in [-0.39, 0.29) is 17.8 Å². The zero-order valence-corrected chi connectivity index (χ0v) is 10.0. The van der Waals surface area contributed by atoms with Gasteiger partial charge in [-0.2, -0.15) is 0 Å². The number of nitrogens with one attached hydrogen (secondary N) is 1. The monoisotopic (exact) mass is 234 g/mol. The molecule has 0 aliphatic carbocycles. The fraction of sp³-hybridized carbons (Fsp3) is 0.889. The molecule has 88 valence electrons. The summed E-state index contributed by atoms with van der Waals surface area (Å²) >= 11 is 0. The second-order valence-corrected chi connectivity index (χ2v) is 6.14. The first-order valence-electron chi connectivity index (χ1n) is 5.14. The summed E-state index contributed by atoms with van der Waals surface area (Å²) in [5.74, 6) is 0.211. The molecule has 0 aromatic heterocycles. The molecule has 1 heterocycles. The lowest BCUT2D eigenvalue weighted by Gasteiger charge is -2.22. The Bertz CT molecular complexity index is 326. The SMILES string of the molecule is CCC1NCC(=O)N1CCCS(C)(=O)=O. The van der Waals surface area contributed by atoms with Gasteiger partial charge >= 0.3 is 0 Å². The van der Waals surface area contributed by atoms with Crippen molar-refractivity contribution in [2.45, 2.75) is 25.9 Å². The predicted molar refractivity (Wildman–Crippen MR) is 58.1 cm³/mol. The molecule has 1 aliphatic rings. The first-order valence-corrected chi connectivity index (χ1v) is 7.20. The molecule has 1 rings (SSSR count). The first kappa shape index (κ1) is 12.4. The Labute approximate surface area is 90.7 Å². The molecule has 0 aromatic carbocycles. The van der Waals surface area contributed by atoms with Gasteiger partial charge < -0.3 is 4.90 Å². The summed E-state index contributed by atoms with van der Waals surface area (Å²) < 4.78 is 21.8. The predicted octanol–water partition coefficient (Wildman–Crippen LogP) is -0.411. The maximum atomic E-state index is 11.4. The topological polar surface area (TPSA) is 66.5 Å². The van der Waals surface area contributed by atoms with Gasteiger partial charge in [0.1, 0.15) is 9.84 Å². The smallest absolute Gasteiger partial charge is 0.237 e. The lowest BCUT2D eigenvalue weighted by molar-refractivity contribution is -0.128. The van der Waals surface area contributed by atoms with Crippen LogP contribution in [0.2, 0.25) is 0 Å². The van der Waals surface area contributed by atoms with Crippen LogP contribution in [0.15, 0.2) is 0 Å². The van der Waals surface area contributed by atoms with Crippen molar-refractivity contribution in [2.75, 3.05) is 25.1 Å². The molecule has 5 nitrogen and oxygen atoms in total. The molecular formula is C9H18N2O3S. The van der Waals surface area contributed by atoms with E-state index < -0.39 is 9.84 Å². The second-order valence-electron chi connectivity index (χ2n) is 3.88. The molecule has 1 atom stereocenters. The number of carbonyl (C=O) groups excluding carboxylic acids is 1. The van der Waals surface area contributed by atoms with Gasteiger partial charge in [0.2, 0.25) is 5.91 Å². The number of amides is 1. The zero-order valence-electron chi connectivity index (χ0n) is 9.19. The van der Waals surface area contributed by atoms with E-state index >= 15 is 0 Å². The molecule has 1 unspecified atom stereocenters. The van der Waals surface area contributed by atoms with Gasteiger partial charge in [-0.25, -0.2) is 8.42 Å². The lowest BCUT2D eigenvalue weighted by Crippen LogP contribution is -2.37. The van der Waals surface area contributed by atoms with E-state index in [2.05, 4.69) is 5.32 Å². The first-order chi connectivity index (χ1) is 6.94. The van der Waals surface area contributed by atoms with Gasteiger partial charge in [-0.1, -0.05) is 6.92 Å². The molecule has 1 fully saturated rings. The van der Waals surface area contributed by atoms with Gasteiger partial charge in [-0.05, 0) is 12.8 Å². The van der Waals surface area contributed by atoms with Crippen LogP contribution in [0.3, 0.4) is 0 Å². The van der Waals surface area contributed by atoms with E-state index in [1.165, 1.54) is 6.26 Å². The number of sulfone groups is 1. The third-order valence-electron chi connectivity index (χ3n) is 2.49. The maximum absolute atomic E-state index is 11.4. The molecule has 0 radical (unpaired) electrons. The number of rotatable bonds is 5. The highest BCUT2D eigenvalue weighted by Crippen LogP contribution is 2.09. The Kier molecular flexibility index (Phi) is 4.10. The van der Waals surface area contributed by atoms with Gasteiger partial charge in [0.15, 0.2) is 0 Å². The Balaban J connectivity index is 2.40. The third kappa shape index (κ3) is 3.79. The number of carbonyl (C=O) groups is 1. The summed E-state index contributed by atoms with van der Waals surface area (Å²) in [7, 11) is -2.92. The van der Waals surface area contributed by atoms with Gasteiger partial charge in [0.25, 0.3) is 0 Å². The zero-order chi connectivity index (χ0) is 11.5. The van der Waals surface area contributed by atoms with Crippen LogP contribution >= 0.6 is 0 Å². The van der Waals surface area contributed by atoms with E-state index in [1.807, 2.05) is 6.92 Å². The molecule has 0 saturated carbocycles. The van der Waals surface area contributed by atoms with E-state index in [4.69, 9.17) is 0 Å². The summed E-state index contributed by atoms with van der Waals surface area (Å²) in [5.41, 5.74) is 0.